The van der Waals surface area contributed by atoms with E-state index >= 15 is 0 Å². The molecule has 2 atom stereocenters. The molecule has 0 N–H and O–H groups in total. The number of carbonyl (C=O) groups is 2. The maximum Gasteiger partial charge on any atom is 0.251 e. The first-order chi connectivity index (χ1) is 16.1. The van der Waals surface area contributed by atoms with Crippen molar-refractivity contribution in [3.63, 3.8) is 0 Å². The third kappa shape index (κ3) is 5.45. The van der Waals surface area contributed by atoms with Gasteiger partial charge in [0.2, 0.25) is 5.91 Å². The first-order valence-corrected chi connectivity index (χ1v) is 11.6. The summed E-state index contributed by atoms with van der Waals surface area (Å²) >= 11 is 0. The van der Waals surface area contributed by atoms with Crippen molar-refractivity contribution < 1.29 is 19.1 Å². The van der Waals surface area contributed by atoms with E-state index in [2.05, 4.69) is 18.7 Å². The molecule has 2 fully saturated rings. The lowest BCUT2D eigenvalue weighted by Crippen LogP contribution is -2.42. The lowest BCUT2D eigenvalue weighted by Gasteiger charge is -2.25. The Morgan fingerprint density at radius 3 is 2.70 bits per heavy atom. The van der Waals surface area contributed by atoms with E-state index in [1.807, 2.05) is 46.2 Å². The Morgan fingerprint density at radius 2 is 1.97 bits per heavy atom. The molecule has 0 unspecified atom stereocenters. The van der Waals surface area contributed by atoms with Crippen LogP contribution >= 0.6 is 0 Å². The summed E-state index contributed by atoms with van der Waals surface area (Å²) < 4.78 is 11.0. The molecule has 2 aromatic carbocycles. The molecule has 174 valence electrons. The molecule has 2 aromatic rings. The Labute approximate surface area is 195 Å². The SMILES string of the molecule is C=CCN1CCN(C(=O)[C@@H]2CCCO2)C[C@@H](Cc2cccc(-c3cccc(OC)c3)c2)C1=O. The maximum atomic E-state index is 13.4. The summed E-state index contributed by atoms with van der Waals surface area (Å²) in [6.45, 7) is 6.37. The fraction of sp³-hybridized carbons (Fsp3) is 0.407. The molecular weight excluding hydrogens is 416 g/mol. The van der Waals surface area contributed by atoms with Gasteiger partial charge >= 0.3 is 0 Å². The normalized spacial score (nSPS) is 21.1. The number of carbonyl (C=O) groups excluding carboxylic acids is 2. The summed E-state index contributed by atoms with van der Waals surface area (Å²) in [5, 5.41) is 0. The topological polar surface area (TPSA) is 59.1 Å². The Hall–Kier alpha value is -3.12. The van der Waals surface area contributed by atoms with Crippen LogP contribution in [0.2, 0.25) is 0 Å². The minimum Gasteiger partial charge on any atom is -0.497 e. The van der Waals surface area contributed by atoms with Gasteiger partial charge in [0.25, 0.3) is 5.91 Å². The highest BCUT2D eigenvalue weighted by Gasteiger charge is 2.35. The van der Waals surface area contributed by atoms with Crippen molar-refractivity contribution in [2.24, 2.45) is 5.92 Å². The van der Waals surface area contributed by atoms with E-state index in [0.717, 1.165) is 35.3 Å². The van der Waals surface area contributed by atoms with Crippen molar-refractivity contribution in [3.05, 3.63) is 66.7 Å². The number of nitrogens with zero attached hydrogens (tertiary/aromatic N) is 2. The summed E-state index contributed by atoms with van der Waals surface area (Å²) in [5.41, 5.74) is 3.20. The lowest BCUT2D eigenvalue weighted by molar-refractivity contribution is -0.141. The summed E-state index contributed by atoms with van der Waals surface area (Å²) in [5.74, 6) is 0.582. The van der Waals surface area contributed by atoms with Crippen LogP contribution < -0.4 is 4.74 Å². The molecule has 0 bridgehead atoms. The van der Waals surface area contributed by atoms with Crippen LogP contribution in [0.5, 0.6) is 5.75 Å². The number of rotatable bonds is 7. The highest BCUT2D eigenvalue weighted by atomic mass is 16.5. The highest BCUT2D eigenvalue weighted by Crippen LogP contribution is 2.26. The van der Waals surface area contributed by atoms with Crippen LogP contribution in [0.4, 0.5) is 0 Å². The predicted octanol–water partition coefficient (Wildman–Crippen LogP) is 3.56. The molecule has 2 heterocycles. The molecule has 33 heavy (non-hydrogen) atoms. The molecule has 2 amide bonds. The highest BCUT2D eigenvalue weighted by molar-refractivity contribution is 5.84. The zero-order valence-corrected chi connectivity index (χ0v) is 19.2. The van der Waals surface area contributed by atoms with E-state index in [1.165, 1.54) is 0 Å². The van der Waals surface area contributed by atoms with Crippen molar-refractivity contribution >= 4 is 11.8 Å². The van der Waals surface area contributed by atoms with Crippen molar-refractivity contribution in [1.29, 1.82) is 0 Å². The first-order valence-electron chi connectivity index (χ1n) is 11.6. The molecule has 4 rings (SSSR count). The zero-order valence-electron chi connectivity index (χ0n) is 19.2. The smallest absolute Gasteiger partial charge is 0.251 e. The Morgan fingerprint density at radius 1 is 1.18 bits per heavy atom. The molecular formula is C27H32N2O4. The number of amides is 2. The monoisotopic (exact) mass is 448 g/mol. The molecule has 6 heteroatoms. The van der Waals surface area contributed by atoms with Gasteiger partial charge in [0.15, 0.2) is 0 Å². The van der Waals surface area contributed by atoms with Crippen LogP contribution in [-0.4, -0.2) is 67.6 Å². The van der Waals surface area contributed by atoms with E-state index in [0.29, 0.717) is 39.2 Å². The molecule has 0 spiro atoms. The van der Waals surface area contributed by atoms with Crippen LogP contribution in [0.1, 0.15) is 18.4 Å². The average Bonchev–Trinajstić information content (AvgIpc) is 3.34. The van der Waals surface area contributed by atoms with Crippen LogP contribution in [0.3, 0.4) is 0 Å². The summed E-state index contributed by atoms with van der Waals surface area (Å²) in [6, 6.07) is 16.2. The van der Waals surface area contributed by atoms with Crippen molar-refractivity contribution in [2.75, 3.05) is 39.9 Å². The lowest BCUT2D eigenvalue weighted by atomic mass is 9.94. The van der Waals surface area contributed by atoms with Gasteiger partial charge in [0.05, 0.1) is 13.0 Å². The fourth-order valence-corrected chi connectivity index (χ4v) is 4.68. The van der Waals surface area contributed by atoms with E-state index in [-0.39, 0.29) is 23.8 Å². The van der Waals surface area contributed by atoms with Gasteiger partial charge in [0, 0.05) is 32.8 Å². The molecule has 6 nitrogen and oxygen atoms in total. The van der Waals surface area contributed by atoms with Gasteiger partial charge in [-0.2, -0.15) is 0 Å². The molecule has 0 aliphatic carbocycles. The molecule has 2 aliphatic rings. The second-order valence-corrected chi connectivity index (χ2v) is 8.69. The summed E-state index contributed by atoms with van der Waals surface area (Å²) in [4.78, 5) is 30.1. The van der Waals surface area contributed by atoms with Crippen molar-refractivity contribution in [3.8, 4) is 16.9 Å². The zero-order chi connectivity index (χ0) is 23.2. The largest absolute Gasteiger partial charge is 0.497 e. The number of hydrogen-bond donors (Lipinski definition) is 0. The van der Waals surface area contributed by atoms with Gasteiger partial charge in [-0.15, -0.1) is 6.58 Å². The Bertz CT molecular complexity index is 999. The van der Waals surface area contributed by atoms with Crippen LogP contribution in [0.25, 0.3) is 11.1 Å². The molecule has 0 saturated carbocycles. The first kappa shape index (κ1) is 23.1. The van der Waals surface area contributed by atoms with Gasteiger partial charge < -0.3 is 19.3 Å². The molecule has 0 aromatic heterocycles. The quantitative estimate of drug-likeness (QED) is 0.608. The van der Waals surface area contributed by atoms with Crippen molar-refractivity contribution in [1.82, 2.24) is 9.80 Å². The number of benzene rings is 2. The number of methoxy groups -OCH3 is 1. The van der Waals surface area contributed by atoms with Crippen LogP contribution in [-0.2, 0) is 20.7 Å². The average molecular weight is 449 g/mol. The fourth-order valence-electron chi connectivity index (χ4n) is 4.68. The van der Waals surface area contributed by atoms with Gasteiger partial charge in [-0.3, -0.25) is 9.59 Å². The van der Waals surface area contributed by atoms with Gasteiger partial charge in [0.1, 0.15) is 11.9 Å². The predicted molar refractivity (Wildman–Crippen MR) is 128 cm³/mol. The minimum absolute atomic E-state index is 0.0101. The standard InChI is InChI=1S/C27H32N2O4/c1-3-12-28-13-14-29(27(31)25-11-6-15-33-25)19-23(26(28)30)17-20-7-4-8-21(16-20)22-9-5-10-24(18-22)32-2/h3-5,7-10,16,18,23,25H,1,6,11-15,17,19H2,2H3/t23-,25+/m1/s1. The van der Waals surface area contributed by atoms with E-state index in [9.17, 15) is 9.59 Å². The van der Waals surface area contributed by atoms with E-state index in [1.54, 1.807) is 13.2 Å². The Balaban J connectivity index is 1.56. The number of hydrogen-bond acceptors (Lipinski definition) is 4. The minimum atomic E-state index is -0.372. The second-order valence-electron chi connectivity index (χ2n) is 8.69. The van der Waals surface area contributed by atoms with Gasteiger partial charge in [-0.25, -0.2) is 0 Å². The Kier molecular flexibility index (Phi) is 7.45. The second kappa shape index (κ2) is 10.7. The van der Waals surface area contributed by atoms with Crippen molar-refractivity contribution in [2.45, 2.75) is 25.4 Å². The van der Waals surface area contributed by atoms with Crippen LogP contribution in [0.15, 0.2) is 61.2 Å². The van der Waals surface area contributed by atoms with E-state index in [4.69, 9.17) is 9.47 Å². The molecule has 0 radical (unpaired) electrons. The van der Waals surface area contributed by atoms with Crippen LogP contribution in [0, 0.1) is 5.92 Å². The van der Waals surface area contributed by atoms with E-state index < -0.39 is 0 Å². The maximum absolute atomic E-state index is 13.4. The third-order valence-electron chi connectivity index (χ3n) is 6.42. The van der Waals surface area contributed by atoms with Gasteiger partial charge in [-0.1, -0.05) is 42.5 Å². The van der Waals surface area contributed by atoms with Gasteiger partial charge in [-0.05, 0) is 48.1 Å². The number of ether oxygens (including phenoxy) is 2. The molecule has 2 aliphatic heterocycles. The molecule has 2 saturated heterocycles. The summed E-state index contributed by atoms with van der Waals surface area (Å²) in [6.07, 6.45) is 3.61. The summed E-state index contributed by atoms with van der Waals surface area (Å²) in [7, 11) is 1.66. The third-order valence-corrected chi connectivity index (χ3v) is 6.42.